The maximum atomic E-state index is 12.1. The lowest BCUT2D eigenvalue weighted by Gasteiger charge is -2.15. The first-order valence-corrected chi connectivity index (χ1v) is 8.44. The van der Waals surface area contributed by atoms with E-state index in [9.17, 15) is 9.59 Å². The number of ketones is 1. The number of anilines is 1. The molecular formula is C18H22N2O2S. The molecule has 2 rings (SSSR count). The number of carbonyl (C=O) groups is 2. The third-order valence-electron chi connectivity index (χ3n) is 3.40. The van der Waals surface area contributed by atoms with Crippen molar-refractivity contribution < 1.29 is 9.59 Å². The maximum Gasteiger partial charge on any atom is 0.224 e. The average molecular weight is 330 g/mol. The molecule has 0 unspecified atom stereocenters. The van der Waals surface area contributed by atoms with Crippen LogP contribution in [-0.2, 0) is 11.3 Å². The van der Waals surface area contributed by atoms with Gasteiger partial charge in [-0.3, -0.25) is 9.59 Å². The number of Topliss-reactive ketones (excluding diaryl/α,β-unsaturated/α-hetero) is 1. The molecule has 1 N–H and O–H groups in total. The number of benzene rings is 1. The van der Waals surface area contributed by atoms with Gasteiger partial charge in [0.05, 0.1) is 4.88 Å². The van der Waals surface area contributed by atoms with Crippen LogP contribution in [0.4, 0.5) is 5.69 Å². The van der Waals surface area contributed by atoms with E-state index in [-0.39, 0.29) is 24.5 Å². The summed E-state index contributed by atoms with van der Waals surface area (Å²) in [6, 6.07) is 9.61. The minimum absolute atomic E-state index is 0.0209. The highest BCUT2D eigenvalue weighted by atomic mass is 32.1. The standard InChI is InChI=1S/C18H22N2O2S/c1-13-6-7-15(14(11-13)12-20(2)3)19-18(22)9-8-16(21)17-5-4-10-23-17/h4-7,10-11H,8-9,12H2,1-3H3,(H,19,22). The van der Waals surface area contributed by atoms with E-state index >= 15 is 0 Å². The Morgan fingerprint density at radius 3 is 2.61 bits per heavy atom. The highest BCUT2D eigenvalue weighted by molar-refractivity contribution is 7.12. The zero-order valence-corrected chi connectivity index (χ0v) is 14.6. The predicted octanol–water partition coefficient (Wildman–Crippen LogP) is 3.72. The van der Waals surface area contributed by atoms with Crippen molar-refractivity contribution in [1.29, 1.82) is 0 Å². The van der Waals surface area contributed by atoms with Crippen LogP contribution < -0.4 is 5.32 Å². The number of hydrogen-bond donors (Lipinski definition) is 1. The molecule has 0 aliphatic rings. The number of aryl methyl sites for hydroxylation is 1. The fourth-order valence-corrected chi connectivity index (χ4v) is 3.01. The molecule has 0 aliphatic heterocycles. The summed E-state index contributed by atoms with van der Waals surface area (Å²) in [5, 5.41) is 4.80. The average Bonchev–Trinajstić information content (AvgIpc) is 3.01. The number of rotatable bonds is 7. The van der Waals surface area contributed by atoms with Crippen molar-refractivity contribution in [3.63, 3.8) is 0 Å². The van der Waals surface area contributed by atoms with E-state index < -0.39 is 0 Å². The lowest BCUT2D eigenvalue weighted by molar-refractivity contribution is -0.116. The molecule has 0 spiro atoms. The van der Waals surface area contributed by atoms with E-state index in [1.165, 1.54) is 11.3 Å². The smallest absolute Gasteiger partial charge is 0.224 e. The minimum Gasteiger partial charge on any atom is -0.326 e. The highest BCUT2D eigenvalue weighted by Gasteiger charge is 2.12. The van der Waals surface area contributed by atoms with Gasteiger partial charge in [0, 0.05) is 25.1 Å². The third-order valence-corrected chi connectivity index (χ3v) is 4.31. The van der Waals surface area contributed by atoms with Crippen molar-refractivity contribution in [2.75, 3.05) is 19.4 Å². The number of thiophene rings is 1. The molecule has 2 aromatic rings. The molecule has 1 aromatic carbocycles. The van der Waals surface area contributed by atoms with Gasteiger partial charge in [0.25, 0.3) is 0 Å². The van der Waals surface area contributed by atoms with Crippen LogP contribution in [0.2, 0.25) is 0 Å². The number of hydrogen-bond acceptors (Lipinski definition) is 4. The van der Waals surface area contributed by atoms with Gasteiger partial charge < -0.3 is 10.2 Å². The Morgan fingerprint density at radius 1 is 1.17 bits per heavy atom. The second-order valence-electron chi connectivity index (χ2n) is 5.85. The Balaban J connectivity index is 1.96. The van der Waals surface area contributed by atoms with E-state index in [1.807, 2.05) is 44.6 Å². The molecular weight excluding hydrogens is 308 g/mol. The van der Waals surface area contributed by atoms with Gasteiger partial charge in [-0.05, 0) is 44.1 Å². The molecule has 0 saturated heterocycles. The van der Waals surface area contributed by atoms with Crippen molar-refractivity contribution in [2.24, 2.45) is 0 Å². The Morgan fingerprint density at radius 2 is 1.96 bits per heavy atom. The molecule has 1 aromatic heterocycles. The normalized spacial score (nSPS) is 10.8. The van der Waals surface area contributed by atoms with Crippen molar-refractivity contribution in [2.45, 2.75) is 26.3 Å². The first kappa shape index (κ1) is 17.4. The molecule has 5 heteroatoms. The zero-order chi connectivity index (χ0) is 16.8. The molecule has 0 aliphatic carbocycles. The molecule has 0 saturated carbocycles. The summed E-state index contributed by atoms with van der Waals surface area (Å²) in [5.41, 5.74) is 3.05. The van der Waals surface area contributed by atoms with Crippen LogP contribution in [0, 0.1) is 6.92 Å². The van der Waals surface area contributed by atoms with Gasteiger partial charge in [-0.2, -0.15) is 0 Å². The monoisotopic (exact) mass is 330 g/mol. The largest absolute Gasteiger partial charge is 0.326 e. The summed E-state index contributed by atoms with van der Waals surface area (Å²) >= 11 is 1.41. The first-order chi connectivity index (χ1) is 11.0. The fourth-order valence-electron chi connectivity index (χ4n) is 2.32. The minimum atomic E-state index is -0.126. The molecule has 0 atom stereocenters. The van der Waals surface area contributed by atoms with Crippen molar-refractivity contribution in [3.8, 4) is 0 Å². The maximum absolute atomic E-state index is 12.1. The molecule has 0 radical (unpaired) electrons. The summed E-state index contributed by atoms with van der Waals surface area (Å²) in [7, 11) is 3.99. The summed E-state index contributed by atoms with van der Waals surface area (Å²) in [6.07, 6.45) is 0.438. The van der Waals surface area contributed by atoms with Gasteiger partial charge in [0.15, 0.2) is 5.78 Å². The SMILES string of the molecule is Cc1ccc(NC(=O)CCC(=O)c2cccs2)c(CN(C)C)c1. The van der Waals surface area contributed by atoms with Crippen LogP contribution in [0.3, 0.4) is 0 Å². The molecule has 0 bridgehead atoms. The van der Waals surface area contributed by atoms with Crippen LogP contribution >= 0.6 is 11.3 Å². The van der Waals surface area contributed by atoms with Crippen LogP contribution in [0.15, 0.2) is 35.7 Å². The van der Waals surface area contributed by atoms with E-state index in [0.717, 1.165) is 23.4 Å². The van der Waals surface area contributed by atoms with E-state index in [1.54, 1.807) is 6.07 Å². The number of nitrogens with one attached hydrogen (secondary N) is 1. The highest BCUT2D eigenvalue weighted by Crippen LogP contribution is 2.19. The first-order valence-electron chi connectivity index (χ1n) is 7.56. The van der Waals surface area contributed by atoms with Crippen LogP contribution in [0.1, 0.15) is 33.6 Å². The van der Waals surface area contributed by atoms with Gasteiger partial charge >= 0.3 is 0 Å². The molecule has 4 nitrogen and oxygen atoms in total. The Labute approximate surface area is 141 Å². The summed E-state index contributed by atoms with van der Waals surface area (Å²) < 4.78 is 0. The van der Waals surface area contributed by atoms with Gasteiger partial charge in [-0.25, -0.2) is 0 Å². The van der Waals surface area contributed by atoms with E-state index in [0.29, 0.717) is 4.88 Å². The molecule has 1 heterocycles. The predicted molar refractivity (Wildman–Crippen MR) is 95.1 cm³/mol. The van der Waals surface area contributed by atoms with Gasteiger partial charge in [0.1, 0.15) is 0 Å². The molecule has 122 valence electrons. The fraction of sp³-hybridized carbons (Fsp3) is 0.333. The van der Waals surface area contributed by atoms with Crippen LogP contribution in [0.5, 0.6) is 0 Å². The molecule has 1 amide bonds. The van der Waals surface area contributed by atoms with Crippen molar-refractivity contribution in [3.05, 3.63) is 51.7 Å². The van der Waals surface area contributed by atoms with Gasteiger partial charge in [-0.15, -0.1) is 11.3 Å². The number of carbonyl (C=O) groups excluding carboxylic acids is 2. The quantitative estimate of drug-likeness (QED) is 0.787. The van der Waals surface area contributed by atoms with Gasteiger partial charge in [-0.1, -0.05) is 23.8 Å². The zero-order valence-electron chi connectivity index (χ0n) is 13.8. The summed E-state index contributed by atoms with van der Waals surface area (Å²) in [5.74, 6) is -0.105. The lowest BCUT2D eigenvalue weighted by atomic mass is 10.1. The van der Waals surface area contributed by atoms with E-state index in [4.69, 9.17) is 0 Å². The summed E-state index contributed by atoms with van der Waals surface area (Å²) in [4.78, 5) is 26.8. The summed E-state index contributed by atoms with van der Waals surface area (Å²) in [6.45, 7) is 2.79. The lowest BCUT2D eigenvalue weighted by Crippen LogP contribution is -2.17. The van der Waals surface area contributed by atoms with E-state index in [2.05, 4.69) is 16.3 Å². The Bertz CT molecular complexity index is 678. The van der Waals surface area contributed by atoms with Crippen LogP contribution in [0.25, 0.3) is 0 Å². The van der Waals surface area contributed by atoms with Crippen LogP contribution in [-0.4, -0.2) is 30.7 Å². The Kier molecular flexibility index (Phi) is 6.07. The molecule has 23 heavy (non-hydrogen) atoms. The second-order valence-corrected chi connectivity index (χ2v) is 6.79. The third kappa shape index (κ3) is 5.30. The topological polar surface area (TPSA) is 49.4 Å². The van der Waals surface area contributed by atoms with Crippen molar-refractivity contribution >= 4 is 28.7 Å². The number of amides is 1. The Hall–Kier alpha value is -1.98. The second kappa shape index (κ2) is 8.04. The van der Waals surface area contributed by atoms with Gasteiger partial charge in [0.2, 0.25) is 5.91 Å². The molecule has 0 fully saturated rings. The number of nitrogens with zero attached hydrogens (tertiary/aromatic N) is 1. The van der Waals surface area contributed by atoms with Crippen molar-refractivity contribution in [1.82, 2.24) is 4.90 Å².